The van der Waals surface area contributed by atoms with Crippen molar-refractivity contribution in [2.24, 2.45) is 0 Å². The monoisotopic (exact) mass is 307 g/mol. The van der Waals surface area contributed by atoms with Gasteiger partial charge < -0.3 is 10.2 Å². The molecule has 4 heteroatoms. The van der Waals surface area contributed by atoms with E-state index in [0.29, 0.717) is 6.04 Å². The van der Waals surface area contributed by atoms with Gasteiger partial charge in [-0.3, -0.25) is 0 Å². The predicted molar refractivity (Wildman–Crippen MR) is 91.4 cm³/mol. The molecule has 2 fully saturated rings. The molecule has 1 saturated carbocycles. The van der Waals surface area contributed by atoms with Crippen LogP contribution in [-0.4, -0.2) is 24.1 Å². The van der Waals surface area contributed by atoms with Crippen LogP contribution >= 0.6 is 11.3 Å². The zero-order chi connectivity index (χ0) is 14.7. The van der Waals surface area contributed by atoms with E-state index in [1.54, 1.807) is 0 Å². The summed E-state index contributed by atoms with van der Waals surface area (Å²) < 4.78 is 0. The molecular weight excluding hydrogens is 278 g/mol. The molecular formula is C17H29N3S. The minimum Gasteiger partial charge on any atom is -0.348 e. The van der Waals surface area contributed by atoms with Gasteiger partial charge in [0.2, 0.25) is 0 Å². The van der Waals surface area contributed by atoms with Crippen molar-refractivity contribution in [3.05, 3.63) is 10.6 Å². The normalized spacial score (nSPS) is 21.3. The van der Waals surface area contributed by atoms with Crippen LogP contribution in [0, 0.1) is 0 Å². The van der Waals surface area contributed by atoms with E-state index >= 15 is 0 Å². The van der Waals surface area contributed by atoms with Crippen LogP contribution in [0.2, 0.25) is 0 Å². The molecule has 1 aliphatic heterocycles. The lowest BCUT2D eigenvalue weighted by Gasteiger charge is -2.18. The van der Waals surface area contributed by atoms with Gasteiger partial charge in [0, 0.05) is 36.5 Å². The molecule has 0 radical (unpaired) electrons. The Morgan fingerprint density at radius 2 is 1.95 bits per heavy atom. The summed E-state index contributed by atoms with van der Waals surface area (Å²) in [4.78, 5) is 9.08. The number of rotatable bonds is 6. The van der Waals surface area contributed by atoms with Gasteiger partial charge in [-0.25, -0.2) is 4.98 Å². The Balaban J connectivity index is 1.72. The maximum atomic E-state index is 5.05. The highest BCUT2D eigenvalue weighted by Gasteiger charge is 2.30. The molecule has 0 amide bonds. The fourth-order valence-electron chi connectivity index (χ4n) is 2.96. The van der Waals surface area contributed by atoms with Gasteiger partial charge >= 0.3 is 0 Å². The smallest absolute Gasteiger partial charge is 0.185 e. The van der Waals surface area contributed by atoms with E-state index in [1.165, 1.54) is 73.7 Å². The summed E-state index contributed by atoms with van der Waals surface area (Å²) in [5, 5.41) is 4.94. The van der Waals surface area contributed by atoms with Gasteiger partial charge in [0.05, 0.1) is 5.69 Å². The van der Waals surface area contributed by atoms with Crippen LogP contribution in [0.5, 0.6) is 0 Å². The standard InChI is InChI=1S/C17H29N3S/c1-3-13(2)18-12-15-16(14-8-9-14)19-17(21-15)20-10-6-4-5-7-11-20/h13-14,18H,3-12H2,1-2H3. The first-order valence-electron chi connectivity index (χ1n) is 8.76. The van der Waals surface area contributed by atoms with E-state index < -0.39 is 0 Å². The minimum atomic E-state index is 0.598. The second kappa shape index (κ2) is 7.10. The second-order valence-corrected chi connectivity index (χ2v) is 7.73. The maximum absolute atomic E-state index is 5.05. The lowest BCUT2D eigenvalue weighted by atomic mass is 10.2. The Morgan fingerprint density at radius 1 is 1.24 bits per heavy atom. The van der Waals surface area contributed by atoms with Crippen molar-refractivity contribution < 1.29 is 0 Å². The third-order valence-electron chi connectivity index (χ3n) is 4.78. The molecule has 1 N–H and O–H groups in total. The SMILES string of the molecule is CCC(C)NCc1sc(N2CCCCCC2)nc1C1CC1. The Morgan fingerprint density at radius 3 is 2.57 bits per heavy atom. The first-order valence-corrected chi connectivity index (χ1v) is 9.57. The average molecular weight is 308 g/mol. The van der Waals surface area contributed by atoms with E-state index in [4.69, 9.17) is 4.98 Å². The third kappa shape index (κ3) is 3.98. The van der Waals surface area contributed by atoms with Crippen molar-refractivity contribution in [2.75, 3.05) is 18.0 Å². The number of nitrogens with zero attached hydrogens (tertiary/aromatic N) is 2. The van der Waals surface area contributed by atoms with Crippen LogP contribution < -0.4 is 10.2 Å². The van der Waals surface area contributed by atoms with E-state index in [0.717, 1.165) is 12.5 Å². The van der Waals surface area contributed by atoms with Gasteiger partial charge in [-0.05, 0) is 39.0 Å². The van der Waals surface area contributed by atoms with Crippen LogP contribution in [0.25, 0.3) is 0 Å². The number of anilines is 1. The van der Waals surface area contributed by atoms with Crippen molar-refractivity contribution in [2.45, 2.75) is 77.3 Å². The molecule has 1 aromatic heterocycles. The van der Waals surface area contributed by atoms with Crippen molar-refractivity contribution in [3.63, 3.8) is 0 Å². The Bertz CT molecular complexity index is 445. The second-order valence-electron chi connectivity index (χ2n) is 6.67. The molecule has 0 bridgehead atoms. The molecule has 1 aliphatic carbocycles. The van der Waals surface area contributed by atoms with Crippen molar-refractivity contribution in [1.82, 2.24) is 10.3 Å². The van der Waals surface area contributed by atoms with Crippen molar-refractivity contribution >= 4 is 16.5 Å². The van der Waals surface area contributed by atoms with E-state index in [9.17, 15) is 0 Å². The predicted octanol–water partition coefficient (Wildman–Crippen LogP) is 4.29. The summed E-state index contributed by atoms with van der Waals surface area (Å²) in [6.07, 6.45) is 9.33. The van der Waals surface area contributed by atoms with Crippen LogP contribution in [0.1, 0.15) is 75.3 Å². The Hall–Kier alpha value is -0.610. The molecule has 1 unspecified atom stereocenters. The highest BCUT2D eigenvalue weighted by Crippen LogP contribution is 2.44. The molecule has 21 heavy (non-hydrogen) atoms. The Labute approximate surface area is 133 Å². The number of thiazole rings is 1. The van der Waals surface area contributed by atoms with E-state index in [1.807, 2.05) is 11.3 Å². The van der Waals surface area contributed by atoms with E-state index in [2.05, 4.69) is 24.1 Å². The molecule has 3 nitrogen and oxygen atoms in total. The molecule has 1 saturated heterocycles. The molecule has 0 aromatic carbocycles. The van der Waals surface area contributed by atoms with E-state index in [-0.39, 0.29) is 0 Å². The Kier molecular flexibility index (Phi) is 5.17. The first-order chi connectivity index (χ1) is 10.3. The lowest BCUT2D eigenvalue weighted by Crippen LogP contribution is -2.24. The zero-order valence-electron chi connectivity index (χ0n) is 13.5. The number of nitrogens with one attached hydrogen (secondary N) is 1. The van der Waals surface area contributed by atoms with Gasteiger partial charge in [0.15, 0.2) is 5.13 Å². The van der Waals surface area contributed by atoms with Crippen LogP contribution in [0.3, 0.4) is 0 Å². The van der Waals surface area contributed by atoms with Crippen LogP contribution in [0.4, 0.5) is 5.13 Å². The average Bonchev–Trinajstić information content (AvgIpc) is 3.30. The highest BCUT2D eigenvalue weighted by molar-refractivity contribution is 7.15. The third-order valence-corrected chi connectivity index (χ3v) is 5.91. The van der Waals surface area contributed by atoms with Crippen LogP contribution in [-0.2, 0) is 6.54 Å². The number of hydrogen-bond donors (Lipinski definition) is 1. The zero-order valence-corrected chi connectivity index (χ0v) is 14.3. The fourth-order valence-corrected chi connectivity index (χ4v) is 4.11. The molecule has 1 atom stereocenters. The largest absolute Gasteiger partial charge is 0.348 e. The van der Waals surface area contributed by atoms with Gasteiger partial charge in [0.25, 0.3) is 0 Å². The maximum Gasteiger partial charge on any atom is 0.185 e. The van der Waals surface area contributed by atoms with Gasteiger partial charge in [-0.1, -0.05) is 19.8 Å². The summed E-state index contributed by atoms with van der Waals surface area (Å²) in [6.45, 7) is 7.93. The molecule has 1 aromatic rings. The summed E-state index contributed by atoms with van der Waals surface area (Å²) >= 11 is 1.95. The minimum absolute atomic E-state index is 0.598. The van der Waals surface area contributed by atoms with Gasteiger partial charge in [0.1, 0.15) is 0 Å². The molecule has 2 aliphatic rings. The van der Waals surface area contributed by atoms with Crippen LogP contribution in [0.15, 0.2) is 0 Å². The van der Waals surface area contributed by atoms with Crippen molar-refractivity contribution in [1.29, 1.82) is 0 Å². The quantitative estimate of drug-likeness (QED) is 0.850. The fraction of sp³-hybridized carbons (Fsp3) is 0.824. The first kappa shape index (κ1) is 15.3. The van der Waals surface area contributed by atoms with Crippen molar-refractivity contribution in [3.8, 4) is 0 Å². The molecule has 3 rings (SSSR count). The molecule has 0 spiro atoms. The van der Waals surface area contributed by atoms with Gasteiger partial charge in [-0.15, -0.1) is 11.3 Å². The summed E-state index contributed by atoms with van der Waals surface area (Å²) in [6, 6.07) is 0.598. The summed E-state index contributed by atoms with van der Waals surface area (Å²) in [7, 11) is 0. The highest BCUT2D eigenvalue weighted by atomic mass is 32.1. The summed E-state index contributed by atoms with van der Waals surface area (Å²) in [5.74, 6) is 0.760. The summed E-state index contributed by atoms with van der Waals surface area (Å²) in [5.41, 5.74) is 1.41. The van der Waals surface area contributed by atoms with Gasteiger partial charge in [-0.2, -0.15) is 0 Å². The number of hydrogen-bond acceptors (Lipinski definition) is 4. The number of aromatic nitrogens is 1. The molecule has 118 valence electrons. The molecule has 2 heterocycles. The topological polar surface area (TPSA) is 28.2 Å². The lowest BCUT2D eigenvalue weighted by molar-refractivity contribution is 0.535.